The van der Waals surface area contributed by atoms with Crippen LogP contribution in [0.1, 0.15) is 15.9 Å². The number of hydrogen-bond acceptors (Lipinski definition) is 3. The zero-order chi connectivity index (χ0) is 14.5. The highest BCUT2D eigenvalue weighted by atomic mass is 19.1. The molecule has 1 saturated heterocycles. The SMILES string of the molecule is CN1CCN(C(=O)c2ccc(F)cc2C#CCO)CC1. The van der Waals surface area contributed by atoms with Crippen molar-refractivity contribution in [2.24, 2.45) is 0 Å². The van der Waals surface area contributed by atoms with Crippen LogP contribution >= 0.6 is 0 Å². The van der Waals surface area contributed by atoms with Gasteiger partial charge in [0.15, 0.2) is 0 Å². The van der Waals surface area contributed by atoms with Gasteiger partial charge in [-0.1, -0.05) is 11.8 Å². The van der Waals surface area contributed by atoms with Crippen molar-refractivity contribution in [2.45, 2.75) is 0 Å². The number of nitrogens with zero attached hydrogens (tertiary/aromatic N) is 2. The van der Waals surface area contributed by atoms with Gasteiger partial charge in [0.1, 0.15) is 12.4 Å². The summed E-state index contributed by atoms with van der Waals surface area (Å²) in [7, 11) is 2.01. The fraction of sp³-hybridized carbons (Fsp3) is 0.400. The summed E-state index contributed by atoms with van der Waals surface area (Å²) in [5.41, 5.74) is 0.708. The van der Waals surface area contributed by atoms with E-state index in [1.165, 1.54) is 18.2 Å². The lowest BCUT2D eigenvalue weighted by Gasteiger charge is -2.32. The third kappa shape index (κ3) is 3.35. The molecule has 1 N–H and O–H groups in total. The molecule has 1 aliphatic rings. The number of piperazine rings is 1. The first-order valence-corrected chi connectivity index (χ1v) is 6.49. The molecule has 1 heterocycles. The van der Waals surface area contributed by atoms with Crippen LogP contribution in [-0.2, 0) is 0 Å². The van der Waals surface area contributed by atoms with Crippen molar-refractivity contribution in [1.29, 1.82) is 0 Å². The second-order valence-electron chi connectivity index (χ2n) is 4.75. The van der Waals surface area contributed by atoms with Crippen LogP contribution in [-0.4, -0.2) is 60.6 Å². The quantitative estimate of drug-likeness (QED) is 0.762. The summed E-state index contributed by atoms with van der Waals surface area (Å²) < 4.78 is 13.3. The van der Waals surface area contributed by atoms with Gasteiger partial charge in [0.25, 0.3) is 5.91 Å². The molecule has 5 heteroatoms. The minimum atomic E-state index is -0.442. The molecule has 0 atom stereocenters. The molecule has 1 fully saturated rings. The number of rotatable bonds is 1. The number of halogens is 1. The van der Waals surface area contributed by atoms with Gasteiger partial charge in [-0.3, -0.25) is 4.79 Å². The Hall–Kier alpha value is -1.90. The molecular weight excluding hydrogens is 259 g/mol. The topological polar surface area (TPSA) is 43.8 Å². The van der Waals surface area contributed by atoms with Gasteiger partial charge < -0.3 is 14.9 Å². The van der Waals surface area contributed by atoms with E-state index >= 15 is 0 Å². The van der Waals surface area contributed by atoms with Crippen molar-refractivity contribution in [3.63, 3.8) is 0 Å². The van der Waals surface area contributed by atoms with Crippen LogP contribution in [0.4, 0.5) is 4.39 Å². The highest BCUT2D eigenvalue weighted by molar-refractivity contribution is 5.96. The molecule has 0 saturated carbocycles. The second kappa shape index (κ2) is 6.51. The first kappa shape index (κ1) is 14.5. The van der Waals surface area contributed by atoms with Crippen LogP contribution in [0.2, 0.25) is 0 Å². The Morgan fingerprint density at radius 3 is 2.70 bits per heavy atom. The number of aliphatic hydroxyl groups is 1. The fourth-order valence-corrected chi connectivity index (χ4v) is 2.12. The largest absolute Gasteiger partial charge is 0.384 e. The molecule has 1 aromatic rings. The summed E-state index contributed by atoms with van der Waals surface area (Å²) in [6, 6.07) is 3.94. The lowest BCUT2D eigenvalue weighted by Crippen LogP contribution is -2.47. The molecule has 0 aromatic heterocycles. The highest BCUT2D eigenvalue weighted by Crippen LogP contribution is 2.14. The molecule has 0 aliphatic carbocycles. The third-order valence-corrected chi connectivity index (χ3v) is 3.30. The zero-order valence-corrected chi connectivity index (χ0v) is 11.4. The Morgan fingerprint density at radius 1 is 1.35 bits per heavy atom. The number of amides is 1. The minimum absolute atomic E-state index is 0.139. The van der Waals surface area contributed by atoms with Crippen molar-refractivity contribution >= 4 is 5.91 Å². The van der Waals surface area contributed by atoms with Crippen molar-refractivity contribution in [3.8, 4) is 11.8 Å². The van der Waals surface area contributed by atoms with Crippen LogP contribution in [0.5, 0.6) is 0 Å². The van der Waals surface area contributed by atoms with E-state index in [2.05, 4.69) is 16.7 Å². The van der Waals surface area contributed by atoms with E-state index in [9.17, 15) is 9.18 Å². The number of hydrogen-bond donors (Lipinski definition) is 1. The second-order valence-corrected chi connectivity index (χ2v) is 4.75. The summed E-state index contributed by atoms with van der Waals surface area (Å²) >= 11 is 0. The van der Waals surface area contributed by atoms with Crippen LogP contribution in [0, 0.1) is 17.7 Å². The lowest BCUT2D eigenvalue weighted by atomic mass is 10.1. The average Bonchev–Trinajstić information content (AvgIpc) is 2.45. The van der Waals surface area contributed by atoms with Crippen LogP contribution < -0.4 is 0 Å². The number of likely N-dealkylation sites (N-methyl/N-ethyl adjacent to an activating group) is 1. The zero-order valence-electron chi connectivity index (χ0n) is 11.4. The Morgan fingerprint density at radius 2 is 2.05 bits per heavy atom. The molecule has 106 valence electrons. The van der Waals surface area contributed by atoms with Crippen molar-refractivity contribution in [3.05, 3.63) is 35.1 Å². The molecule has 0 spiro atoms. The Balaban J connectivity index is 2.25. The molecule has 20 heavy (non-hydrogen) atoms. The van der Waals surface area contributed by atoms with E-state index in [0.717, 1.165) is 13.1 Å². The predicted octanol–water partition coefficient (Wildman–Crippen LogP) is 0.557. The highest BCUT2D eigenvalue weighted by Gasteiger charge is 2.22. The monoisotopic (exact) mass is 276 g/mol. The first-order valence-electron chi connectivity index (χ1n) is 6.49. The Bertz CT molecular complexity index is 555. The summed E-state index contributed by atoms with van der Waals surface area (Å²) in [6.45, 7) is 2.63. The van der Waals surface area contributed by atoms with Gasteiger partial charge in [0.2, 0.25) is 0 Å². The maximum Gasteiger partial charge on any atom is 0.255 e. The summed E-state index contributed by atoms with van der Waals surface area (Å²) in [6.07, 6.45) is 0. The average molecular weight is 276 g/mol. The molecule has 1 aromatic carbocycles. The van der Waals surface area contributed by atoms with Crippen molar-refractivity contribution < 1.29 is 14.3 Å². The summed E-state index contributed by atoms with van der Waals surface area (Å²) in [5.74, 6) is 4.51. The van der Waals surface area contributed by atoms with Gasteiger partial charge in [-0.05, 0) is 25.2 Å². The molecule has 4 nitrogen and oxygen atoms in total. The van der Waals surface area contributed by atoms with E-state index in [1.54, 1.807) is 4.90 Å². The van der Waals surface area contributed by atoms with E-state index in [4.69, 9.17) is 5.11 Å². The van der Waals surface area contributed by atoms with Gasteiger partial charge in [-0.2, -0.15) is 0 Å². The van der Waals surface area contributed by atoms with Gasteiger partial charge in [-0.25, -0.2) is 4.39 Å². The third-order valence-electron chi connectivity index (χ3n) is 3.30. The molecule has 2 rings (SSSR count). The Kier molecular flexibility index (Phi) is 4.72. The number of aliphatic hydroxyl groups excluding tert-OH is 1. The molecule has 0 unspecified atom stereocenters. The maximum absolute atomic E-state index is 13.3. The number of carbonyl (C=O) groups excluding carboxylic acids is 1. The van der Waals surface area contributed by atoms with E-state index in [0.29, 0.717) is 24.2 Å². The minimum Gasteiger partial charge on any atom is -0.384 e. The molecule has 1 amide bonds. The van der Waals surface area contributed by atoms with Gasteiger partial charge >= 0.3 is 0 Å². The van der Waals surface area contributed by atoms with E-state index < -0.39 is 5.82 Å². The first-order chi connectivity index (χ1) is 9.61. The summed E-state index contributed by atoms with van der Waals surface area (Å²) in [5, 5.41) is 8.74. The van der Waals surface area contributed by atoms with Gasteiger partial charge in [-0.15, -0.1) is 0 Å². The standard InChI is InChI=1S/C15H17FN2O2/c1-17-6-8-18(9-7-17)15(20)14-5-4-13(16)11-12(14)3-2-10-19/h4-5,11,19H,6-10H2,1H3. The molecular formula is C15H17FN2O2. The normalized spacial score (nSPS) is 15.7. The maximum atomic E-state index is 13.3. The number of benzene rings is 1. The lowest BCUT2D eigenvalue weighted by molar-refractivity contribution is 0.0664. The van der Waals surface area contributed by atoms with E-state index in [1.807, 2.05) is 7.05 Å². The van der Waals surface area contributed by atoms with Crippen LogP contribution in [0.15, 0.2) is 18.2 Å². The predicted molar refractivity (Wildman–Crippen MR) is 73.8 cm³/mol. The molecule has 1 aliphatic heterocycles. The number of carbonyl (C=O) groups is 1. The molecule has 0 radical (unpaired) electrons. The fourth-order valence-electron chi connectivity index (χ4n) is 2.12. The van der Waals surface area contributed by atoms with Crippen molar-refractivity contribution in [2.75, 3.05) is 39.8 Å². The van der Waals surface area contributed by atoms with Gasteiger partial charge in [0, 0.05) is 31.7 Å². The smallest absolute Gasteiger partial charge is 0.255 e. The van der Waals surface area contributed by atoms with Gasteiger partial charge in [0.05, 0.1) is 5.56 Å². The Labute approximate surface area is 117 Å². The van der Waals surface area contributed by atoms with Crippen LogP contribution in [0.3, 0.4) is 0 Å². The molecule has 0 bridgehead atoms. The van der Waals surface area contributed by atoms with E-state index in [-0.39, 0.29) is 12.5 Å². The van der Waals surface area contributed by atoms with Crippen molar-refractivity contribution in [1.82, 2.24) is 9.80 Å². The summed E-state index contributed by atoms with van der Waals surface area (Å²) in [4.78, 5) is 16.4. The van der Waals surface area contributed by atoms with Crippen LogP contribution in [0.25, 0.3) is 0 Å².